The molecule has 31 heavy (non-hydrogen) atoms. The van der Waals surface area contributed by atoms with Crippen LogP contribution in [-0.2, 0) is 11.3 Å². The highest BCUT2D eigenvalue weighted by atomic mass is 16.5. The van der Waals surface area contributed by atoms with Crippen molar-refractivity contribution in [1.29, 1.82) is 0 Å². The number of nitrogens with one attached hydrogen (secondary N) is 2. The predicted molar refractivity (Wildman–Crippen MR) is 118 cm³/mol. The summed E-state index contributed by atoms with van der Waals surface area (Å²) >= 11 is 0. The monoisotopic (exact) mass is 424 g/mol. The third-order valence-electron chi connectivity index (χ3n) is 4.86. The second kappa shape index (κ2) is 11.7. The number of ether oxygens (including phenoxy) is 2. The summed E-state index contributed by atoms with van der Waals surface area (Å²) in [5.74, 6) is 1.20. The minimum atomic E-state index is -0.351. The third-order valence-corrected chi connectivity index (χ3v) is 4.86. The number of benzene rings is 2. The molecule has 0 aliphatic heterocycles. The van der Waals surface area contributed by atoms with Crippen molar-refractivity contribution in [2.45, 2.75) is 38.6 Å². The fourth-order valence-electron chi connectivity index (χ4n) is 3.14. The summed E-state index contributed by atoms with van der Waals surface area (Å²) < 4.78 is 11.0. The molecule has 3 N–H and O–H groups in total. The maximum absolute atomic E-state index is 11.0. The van der Waals surface area contributed by atoms with E-state index in [0.717, 1.165) is 53.7 Å². The molecule has 0 saturated heterocycles. The minimum Gasteiger partial charge on any atom is -0.497 e. The number of aromatic nitrogens is 2. The fourth-order valence-corrected chi connectivity index (χ4v) is 3.14. The van der Waals surface area contributed by atoms with Crippen molar-refractivity contribution in [2.24, 2.45) is 0 Å². The van der Waals surface area contributed by atoms with E-state index in [1.165, 1.54) is 0 Å². The Morgan fingerprint density at radius 3 is 2.55 bits per heavy atom. The van der Waals surface area contributed by atoms with Crippen LogP contribution in [0.1, 0.15) is 37.7 Å². The van der Waals surface area contributed by atoms with Gasteiger partial charge in [-0.1, -0.05) is 37.1 Å². The Balaban J connectivity index is 1.56. The molecule has 3 aromatic rings. The van der Waals surface area contributed by atoms with Gasteiger partial charge in [0.2, 0.25) is 5.91 Å². The van der Waals surface area contributed by atoms with E-state index in [9.17, 15) is 4.79 Å². The summed E-state index contributed by atoms with van der Waals surface area (Å²) in [6, 6.07) is 16.0. The zero-order valence-corrected chi connectivity index (χ0v) is 17.6. The number of unbranched alkanes of at least 4 members (excludes halogenated alkanes) is 3. The number of hydrogen-bond acceptors (Lipinski definition) is 7. The number of carbonyl (C=O) groups is 1. The van der Waals surface area contributed by atoms with Gasteiger partial charge in [-0.05, 0) is 42.7 Å². The number of amides is 1. The molecule has 1 aromatic heterocycles. The van der Waals surface area contributed by atoms with Gasteiger partial charge in [-0.2, -0.15) is 9.97 Å². The zero-order valence-electron chi connectivity index (χ0n) is 17.6. The zero-order chi connectivity index (χ0) is 21.9. The maximum atomic E-state index is 11.0. The van der Waals surface area contributed by atoms with Gasteiger partial charge >= 0.3 is 6.01 Å². The Labute approximate surface area is 181 Å². The fraction of sp³-hybridized carbons (Fsp3) is 0.348. The van der Waals surface area contributed by atoms with Crippen molar-refractivity contribution in [3.63, 3.8) is 0 Å². The topological polar surface area (TPSA) is 106 Å². The molecular formula is C23H28N4O4. The van der Waals surface area contributed by atoms with E-state index >= 15 is 0 Å². The number of nitrogens with zero attached hydrogens (tertiary/aromatic N) is 2. The number of methoxy groups -OCH3 is 1. The van der Waals surface area contributed by atoms with Crippen LogP contribution in [0.3, 0.4) is 0 Å². The molecule has 0 radical (unpaired) electrons. The van der Waals surface area contributed by atoms with Gasteiger partial charge in [0.05, 0.1) is 19.2 Å². The van der Waals surface area contributed by atoms with Gasteiger partial charge in [0.15, 0.2) is 0 Å². The smallest absolute Gasteiger partial charge is 0.318 e. The van der Waals surface area contributed by atoms with Crippen molar-refractivity contribution in [3.05, 3.63) is 54.1 Å². The van der Waals surface area contributed by atoms with E-state index in [0.29, 0.717) is 25.6 Å². The summed E-state index contributed by atoms with van der Waals surface area (Å²) in [5, 5.41) is 12.8. The van der Waals surface area contributed by atoms with Gasteiger partial charge in [0.25, 0.3) is 0 Å². The van der Waals surface area contributed by atoms with Crippen molar-refractivity contribution >= 4 is 22.6 Å². The lowest BCUT2D eigenvalue weighted by Gasteiger charge is -2.12. The highest BCUT2D eigenvalue weighted by molar-refractivity contribution is 5.89. The third kappa shape index (κ3) is 6.82. The average Bonchev–Trinajstić information content (AvgIpc) is 2.82. The number of anilines is 1. The molecule has 0 fully saturated rings. The Bertz CT molecular complexity index is 979. The normalized spacial score (nSPS) is 10.6. The molecule has 1 amide bonds. The van der Waals surface area contributed by atoms with E-state index in [-0.39, 0.29) is 5.91 Å². The van der Waals surface area contributed by atoms with Gasteiger partial charge in [0, 0.05) is 18.4 Å². The predicted octanol–water partition coefficient (Wildman–Crippen LogP) is 4.09. The largest absolute Gasteiger partial charge is 0.497 e. The summed E-state index contributed by atoms with van der Waals surface area (Å²) in [4.78, 5) is 20.1. The van der Waals surface area contributed by atoms with Crippen molar-refractivity contribution in [3.8, 4) is 11.8 Å². The van der Waals surface area contributed by atoms with E-state index in [4.69, 9.17) is 14.7 Å². The number of carbonyl (C=O) groups excluding carboxylic acids is 1. The number of hydrogen-bond donors (Lipinski definition) is 3. The summed E-state index contributed by atoms with van der Waals surface area (Å²) in [7, 11) is 1.65. The molecule has 0 atom stereocenters. The standard InChI is InChI=1S/C23H28N4O4/c1-30-18-13-11-17(12-14-18)16-24-22-19-8-5-6-9-20(19)25-23(26-22)31-15-7-3-2-4-10-21(28)27-29/h5-6,8-9,11-14,29H,2-4,7,10,15-16H2,1H3,(H,27,28)(H,24,25,26). The van der Waals surface area contributed by atoms with E-state index in [1.807, 2.05) is 48.5 Å². The van der Waals surface area contributed by atoms with Crippen molar-refractivity contribution < 1.29 is 19.5 Å². The van der Waals surface area contributed by atoms with Crippen LogP contribution in [0.4, 0.5) is 5.82 Å². The first-order valence-corrected chi connectivity index (χ1v) is 10.4. The number of para-hydroxylation sites is 1. The van der Waals surface area contributed by atoms with E-state index in [2.05, 4.69) is 15.3 Å². The van der Waals surface area contributed by atoms with Crippen LogP contribution in [0, 0.1) is 0 Å². The minimum absolute atomic E-state index is 0.328. The van der Waals surface area contributed by atoms with E-state index < -0.39 is 0 Å². The SMILES string of the molecule is COc1ccc(CNc2nc(OCCCCCCC(=O)NO)nc3ccccc23)cc1. The summed E-state index contributed by atoms with van der Waals surface area (Å²) in [5.41, 5.74) is 3.57. The molecule has 0 unspecified atom stereocenters. The Morgan fingerprint density at radius 1 is 1.00 bits per heavy atom. The molecule has 0 bridgehead atoms. The lowest BCUT2D eigenvalue weighted by atomic mass is 10.1. The Morgan fingerprint density at radius 2 is 1.77 bits per heavy atom. The molecule has 8 heteroatoms. The quantitative estimate of drug-likeness (QED) is 0.228. The Kier molecular flexibility index (Phi) is 8.42. The first-order valence-electron chi connectivity index (χ1n) is 10.4. The molecule has 0 aliphatic carbocycles. The van der Waals surface area contributed by atoms with Crippen LogP contribution in [0.25, 0.3) is 10.9 Å². The van der Waals surface area contributed by atoms with Crippen LogP contribution in [-0.4, -0.2) is 34.8 Å². The lowest BCUT2D eigenvalue weighted by Crippen LogP contribution is -2.17. The highest BCUT2D eigenvalue weighted by Gasteiger charge is 2.09. The first kappa shape index (κ1) is 22.3. The first-order chi connectivity index (χ1) is 15.2. The molecular weight excluding hydrogens is 396 g/mol. The molecule has 1 heterocycles. The molecule has 0 aliphatic rings. The van der Waals surface area contributed by atoms with Crippen LogP contribution in [0.15, 0.2) is 48.5 Å². The van der Waals surface area contributed by atoms with Crippen LogP contribution in [0.5, 0.6) is 11.8 Å². The van der Waals surface area contributed by atoms with Crippen LogP contribution in [0.2, 0.25) is 0 Å². The number of fused-ring (bicyclic) bond motifs is 1. The molecule has 8 nitrogen and oxygen atoms in total. The van der Waals surface area contributed by atoms with Gasteiger partial charge in [-0.15, -0.1) is 0 Å². The maximum Gasteiger partial charge on any atom is 0.318 e. The molecule has 0 spiro atoms. The van der Waals surface area contributed by atoms with Gasteiger partial charge in [-0.25, -0.2) is 5.48 Å². The molecule has 3 rings (SSSR count). The van der Waals surface area contributed by atoms with Crippen LogP contribution < -0.4 is 20.3 Å². The lowest BCUT2D eigenvalue weighted by molar-refractivity contribution is -0.129. The van der Waals surface area contributed by atoms with Gasteiger partial charge < -0.3 is 14.8 Å². The number of hydroxylamine groups is 1. The van der Waals surface area contributed by atoms with Crippen LogP contribution >= 0.6 is 0 Å². The molecule has 2 aromatic carbocycles. The van der Waals surface area contributed by atoms with E-state index in [1.54, 1.807) is 12.6 Å². The van der Waals surface area contributed by atoms with Gasteiger partial charge in [-0.3, -0.25) is 10.0 Å². The molecule has 164 valence electrons. The van der Waals surface area contributed by atoms with Crippen molar-refractivity contribution in [1.82, 2.24) is 15.4 Å². The van der Waals surface area contributed by atoms with Gasteiger partial charge in [0.1, 0.15) is 11.6 Å². The molecule has 0 saturated carbocycles. The second-order valence-electron chi connectivity index (χ2n) is 7.12. The Hall–Kier alpha value is -3.39. The average molecular weight is 425 g/mol. The summed E-state index contributed by atoms with van der Waals surface area (Å²) in [6.45, 7) is 1.12. The van der Waals surface area contributed by atoms with Crippen molar-refractivity contribution in [2.75, 3.05) is 19.0 Å². The highest BCUT2D eigenvalue weighted by Crippen LogP contribution is 2.24. The number of rotatable bonds is 12. The summed E-state index contributed by atoms with van der Waals surface area (Å²) in [6.07, 6.45) is 3.72. The second-order valence-corrected chi connectivity index (χ2v) is 7.12.